The number of amides is 4. The number of hydroxylamine groups is 2. The summed E-state index contributed by atoms with van der Waals surface area (Å²) in [6, 6.07) is 29.9. The monoisotopic (exact) mass is 1010 g/mol. The highest BCUT2D eigenvalue weighted by Crippen LogP contribution is 2.42. The molecule has 0 saturated carbocycles. The van der Waals surface area contributed by atoms with Crippen molar-refractivity contribution in [3.63, 3.8) is 0 Å². The number of thioether (sulfide) groups is 1. The lowest BCUT2D eigenvalue weighted by atomic mass is 9.98. The number of hydrogen-bond acceptors (Lipinski definition) is 13. The average Bonchev–Trinajstić information content (AvgIpc) is 3.99. The van der Waals surface area contributed by atoms with Crippen molar-refractivity contribution in [1.82, 2.24) is 9.96 Å². The molecular formula is C57H59N5O10S. The van der Waals surface area contributed by atoms with Gasteiger partial charge in [-0.25, -0.2) is 4.79 Å². The van der Waals surface area contributed by atoms with Crippen molar-refractivity contribution >= 4 is 64.6 Å². The van der Waals surface area contributed by atoms with Crippen LogP contribution < -0.4 is 24.0 Å². The fourth-order valence-electron chi connectivity index (χ4n) is 10.3. The SMILES string of the molecule is COc1cc2c(cc1OCc1cc(COc3cc4c(cc3C)C(=O)N3c5ccccc5C[C@H]3CC4)cc(CN(C)CCOCC(C)(C)SCC(=O)ON3C(=O)CCC3=O)c1)N=C[C@@H]1Cc3ccccc3N1C2=O. The van der Waals surface area contributed by atoms with E-state index in [1.54, 1.807) is 19.2 Å². The Labute approximate surface area is 429 Å². The minimum atomic E-state index is -0.662. The molecule has 1 saturated heterocycles. The van der Waals surface area contributed by atoms with Crippen LogP contribution in [0, 0.1) is 6.92 Å². The average molecular weight is 1010 g/mol. The summed E-state index contributed by atoms with van der Waals surface area (Å²) in [5, 5.41) is 0.567. The number of aryl methyl sites for hydroxylation is 2. The second kappa shape index (κ2) is 20.8. The first-order valence-corrected chi connectivity index (χ1v) is 25.8. The Balaban J connectivity index is 0.828. The van der Waals surface area contributed by atoms with Gasteiger partial charge in [0.05, 0.1) is 43.4 Å². The minimum absolute atomic E-state index is 0.0383. The molecule has 5 aromatic carbocycles. The maximum atomic E-state index is 14.1. The summed E-state index contributed by atoms with van der Waals surface area (Å²) in [6.07, 6.45) is 5.12. The van der Waals surface area contributed by atoms with Gasteiger partial charge in [0.2, 0.25) is 0 Å². The van der Waals surface area contributed by atoms with Crippen molar-refractivity contribution in [3.05, 3.63) is 141 Å². The van der Waals surface area contributed by atoms with Crippen LogP contribution in [0.4, 0.5) is 17.1 Å². The summed E-state index contributed by atoms with van der Waals surface area (Å²) in [4.78, 5) is 80.2. The molecule has 0 bridgehead atoms. The van der Waals surface area contributed by atoms with Gasteiger partial charge in [0.15, 0.2) is 11.5 Å². The normalized spacial score (nSPS) is 17.7. The zero-order chi connectivity index (χ0) is 51.0. The number of carbonyl (C=O) groups excluding carboxylic acids is 5. The van der Waals surface area contributed by atoms with E-state index in [9.17, 15) is 24.0 Å². The Kier molecular flexibility index (Phi) is 14.2. The van der Waals surface area contributed by atoms with Crippen LogP contribution in [0.5, 0.6) is 17.2 Å². The van der Waals surface area contributed by atoms with E-state index < -0.39 is 22.5 Å². The number of aliphatic imine (C=N–C) groups is 1. The van der Waals surface area contributed by atoms with Gasteiger partial charge in [-0.1, -0.05) is 48.5 Å². The zero-order valence-electron chi connectivity index (χ0n) is 41.8. The fourth-order valence-corrected chi connectivity index (χ4v) is 11.1. The highest BCUT2D eigenvalue weighted by atomic mass is 32.2. The van der Waals surface area contributed by atoms with Crippen LogP contribution in [-0.4, -0.2) is 102 Å². The van der Waals surface area contributed by atoms with E-state index >= 15 is 0 Å². The second-order valence-corrected chi connectivity index (χ2v) is 21.7. The maximum absolute atomic E-state index is 14.1. The number of hydrogen-bond donors (Lipinski definition) is 0. The molecule has 10 rings (SSSR count). The van der Waals surface area contributed by atoms with Gasteiger partial charge in [-0.3, -0.25) is 34.0 Å². The third-order valence-corrected chi connectivity index (χ3v) is 15.3. The largest absolute Gasteiger partial charge is 0.493 e. The number of fused-ring (bicyclic) bond motifs is 8. The third-order valence-electron chi connectivity index (χ3n) is 14.0. The smallest absolute Gasteiger partial charge is 0.343 e. The molecule has 378 valence electrons. The number of nitrogens with zero attached hydrogens (tertiary/aromatic N) is 5. The first-order chi connectivity index (χ1) is 35.2. The molecule has 0 N–H and O–H groups in total. The van der Waals surface area contributed by atoms with E-state index in [1.807, 2.05) is 98.4 Å². The number of carbonyl (C=O) groups is 5. The number of likely N-dealkylation sites (N-methyl/N-ethyl adjacent to an activating group) is 1. The van der Waals surface area contributed by atoms with E-state index in [0.29, 0.717) is 60.5 Å². The van der Waals surface area contributed by atoms with Crippen molar-refractivity contribution in [2.24, 2.45) is 4.99 Å². The summed E-state index contributed by atoms with van der Waals surface area (Å²) in [5.74, 6) is -0.208. The number of para-hydroxylation sites is 2. The molecule has 0 aromatic heterocycles. The number of anilines is 2. The number of benzene rings is 5. The van der Waals surface area contributed by atoms with Crippen LogP contribution in [0.1, 0.15) is 92.8 Å². The molecule has 73 heavy (non-hydrogen) atoms. The van der Waals surface area contributed by atoms with Crippen LogP contribution in [0.15, 0.2) is 96.0 Å². The molecule has 5 aliphatic rings. The van der Waals surface area contributed by atoms with Gasteiger partial charge in [-0.05, 0) is 122 Å². The molecule has 4 amide bonds. The maximum Gasteiger partial charge on any atom is 0.343 e. The van der Waals surface area contributed by atoms with Crippen molar-refractivity contribution < 1.29 is 47.8 Å². The van der Waals surface area contributed by atoms with E-state index in [2.05, 4.69) is 29.2 Å². The molecule has 5 aromatic rings. The molecule has 2 atom stereocenters. The van der Waals surface area contributed by atoms with E-state index in [0.717, 1.165) is 75.3 Å². The fraction of sp³-hybridized carbons (Fsp3) is 0.368. The predicted molar refractivity (Wildman–Crippen MR) is 278 cm³/mol. The van der Waals surface area contributed by atoms with Gasteiger partial charge in [0.1, 0.15) is 19.0 Å². The van der Waals surface area contributed by atoms with Gasteiger partial charge in [0, 0.05) is 72.4 Å². The molecule has 0 aliphatic carbocycles. The van der Waals surface area contributed by atoms with E-state index in [4.69, 9.17) is 28.8 Å². The lowest BCUT2D eigenvalue weighted by molar-refractivity contribution is -0.195. The third kappa shape index (κ3) is 10.6. The van der Waals surface area contributed by atoms with Gasteiger partial charge in [-0.15, -0.1) is 16.8 Å². The minimum Gasteiger partial charge on any atom is -0.493 e. The van der Waals surface area contributed by atoms with Gasteiger partial charge >= 0.3 is 5.97 Å². The Morgan fingerprint density at radius 3 is 2.14 bits per heavy atom. The summed E-state index contributed by atoms with van der Waals surface area (Å²) in [6.45, 7) is 8.35. The van der Waals surface area contributed by atoms with Crippen molar-refractivity contribution in [2.75, 3.05) is 49.5 Å². The second-order valence-electron chi connectivity index (χ2n) is 20.0. The Morgan fingerprint density at radius 1 is 0.753 bits per heavy atom. The topological polar surface area (TPSA) is 157 Å². The number of rotatable bonds is 18. The Hall–Kier alpha value is -7.01. The molecule has 1 fully saturated rings. The van der Waals surface area contributed by atoms with Crippen LogP contribution in [-0.2, 0) is 63.0 Å². The molecule has 5 heterocycles. The summed E-state index contributed by atoms with van der Waals surface area (Å²) in [5.41, 5.74) is 10.6. The van der Waals surface area contributed by atoms with Crippen LogP contribution in [0.25, 0.3) is 0 Å². The molecule has 0 radical (unpaired) electrons. The Bertz CT molecular complexity index is 3030. The van der Waals surface area contributed by atoms with Crippen molar-refractivity contribution in [2.45, 2.75) is 95.9 Å². The van der Waals surface area contributed by atoms with E-state index in [1.165, 1.54) is 17.3 Å². The summed E-state index contributed by atoms with van der Waals surface area (Å²) in [7, 11) is 3.58. The summed E-state index contributed by atoms with van der Waals surface area (Å²) >= 11 is 1.33. The first kappa shape index (κ1) is 49.6. The molecular weight excluding hydrogens is 947 g/mol. The number of ether oxygens (including phenoxy) is 4. The Morgan fingerprint density at radius 2 is 1.41 bits per heavy atom. The lowest BCUT2D eigenvalue weighted by Gasteiger charge is -2.25. The highest BCUT2D eigenvalue weighted by Gasteiger charge is 2.39. The zero-order valence-corrected chi connectivity index (χ0v) is 42.6. The van der Waals surface area contributed by atoms with Gasteiger partial charge in [0.25, 0.3) is 23.6 Å². The van der Waals surface area contributed by atoms with E-state index in [-0.39, 0.29) is 55.7 Å². The van der Waals surface area contributed by atoms with Gasteiger partial charge < -0.3 is 28.7 Å². The van der Waals surface area contributed by atoms with Crippen molar-refractivity contribution in [3.8, 4) is 17.2 Å². The molecule has 15 nitrogen and oxygen atoms in total. The first-order valence-electron chi connectivity index (χ1n) is 24.8. The standard InChI is InChI=1S/C57H59N5O10S/c1-35-20-44-39(14-15-42-24-40-10-6-8-12-47(40)60(42)55(44)66)26-49(35)70-31-37-21-36(30-59(4)18-19-69-34-57(2,3)73-33-54(65)72-62-52(63)16-17-53(62)64)22-38(23-37)32-71-51-28-46-45(27-50(51)68-5)56(67)61-43(29-58-46)25-41-11-7-9-13-48(41)61/h6-13,20-23,26-29,42-43H,14-19,24-25,30-34H2,1-5H3/t42-,43+/m1/s1. The number of imide groups is 1. The number of methoxy groups -OCH3 is 1. The molecule has 16 heteroatoms. The predicted octanol–water partition coefficient (Wildman–Crippen LogP) is 8.53. The van der Waals surface area contributed by atoms with Crippen molar-refractivity contribution in [1.29, 1.82) is 0 Å². The highest BCUT2D eigenvalue weighted by molar-refractivity contribution is 8.01. The van der Waals surface area contributed by atoms with Crippen LogP contribution in [0.2, 0.25) is 0 Å². The molecule has 0 unspecified atom stereocenters. The molecule has 0 spiro atoms. The molecule has 5 aliphatic heterocycles. The lowest BCUT2D eigenvalue weighted by Crippen LogP contribution is -2.37. The quantitative estimate of drug-likeness (QED) is 0.0610. The summed E-state index contributed by atoms with van der Waals surface area (Å²) < 4.78 is 24.6. The van der Waals surface area contributed by atoms with Crippen LogP contribution in [0.3, 0.4) is 0 Å². The van der Waals surface area contributed by atoms with Gasteiger partial charge in [-0.2, -0.15) is 0 Å². The van der Waals surface area contributed by atoms with Crippen LogP contribution >= 0.6 is 11.8 Å².